The van der Waals surface area contributed by atoms with E-state index in [-0.39, 0.29) is 18.4 Å². The third-order valence-corrected chi connectivity index (χ3v) is 5.50. The molecular formula is C19H18BrN3O2S. The second kappa shape index (κ2) is 8.42. The quantitative estimate of drug-likeness (QED) is 0.564. The first-order valence-electron chi connectivity index (χ1n) is 8.05. The fourth-order valence-electron chi connectivity index (χ4n) is 2.45. The van der Waals surface area contributed by atoms with Crippen molar-refractivity contribution in [3.05, 3.63) is 63.7 Å². The van der Waals surface area contributed by atoms with E-state index in [0.29, 0.717) is 0 Å². The Hall–Kier alpha value is -2.25. The van der Waals surface area contributed by atoms with Crippen molar-refractivity contribution < 1.29 is 9.53 Å². The smallest absolute Gasteiger partial charge is 0.310 e. The zero-order valence-corrected chi connectivity index (χ0v) is 16.8. The van der Waals surface area contributed by atoms with Gasteiger partial charge in [-0.25, -0.2) is 9.97 Å². The van der Waals surface area contributed by atoms with E-state index in [1.165, 1.54) is 24.0 Å². The van der Waals surface area contributed by atoms with Gasteiger partial charge >= 0.3 is 5.97 Å². The van der Waals surface area contributed by atoms with Crippen molar-refractivity contribution >= 4 is 39.1 Å². The fraction of sp³-hybridized carbons (Fsp3) is 0.211. The fourth-order valence-corrected chi connectivity index (χ4v) is 3.68. The number of ether oxygens (including phenoxy) is 1. The number of nitrogens with one attached hydrogen (secondary N) is 1. The molecule has 0 radical (unpaired) electrons. The van der Waals surface area contributed by atoms with Gasteiger partial charge in [0.25, 0.3) is 0 Å². The molecule has 7 heteroatoms. The summed E-state index contributed by atoms with van der Waals surface area (Å²) in [6, 6.07) is 14.1. The van der Waals surface area contributed by atoms with Crippen molar-refractivity contribution in [1.29, 1.82) is 0 Å². The van der Waals surface area contributed by atoms with E-state index in [4.69, 9.17) is 4.74 Å². The van der Waals surface area contributed by atoms with E-state index in [9.17, 15) is 4.79 Å². The lowest BCUT2D eigenvalue weighted by molar-refractivity contribution is -0.139. The Morgan fingerprint density at radius 1 is 1.23 bits per heavy atom. The molecule has 5 nitrogen and oxygen atoms in total. The van der Waals surface area contributed by atoms with Crippen LogP contribution in [0.25, 0.3) is 10.6 Å². The Kier molecular flexibility index (Phi) is 6.00. The van der Waals surface area contributed by atoms with Gasteiger partial charge < -0.3 is 10.1 Å². The van der Waals surface area contributed by atoms with Gasteiger partial charge in [0.15, 0.2) is 0 Å². The Bertz CT molecular complexity index is 896. The van der Waals surface area contributed by atoms with Crippen LogP contribution >= 0.6 is 27.3 Å². The molecular weight excluding hydrogens is 414 g/mol. The molecule has 1 unspecified atom stereocenters. The van der Waals surface area contributed by atoms with Crippen LogP contribution < -0.4 is 5.32 Å². The van der Waals surface area contributed by atoms with Gasteiger partial charge in [-0.1, -0.05) is 28.1 Å². The maximum absolute atomic E-state index is 11.4. The minimum Gasteiger partial charge on any atom is -0.469 e. The van der Waals surface area contributed by atoms with Crippen molar-refractivity contribution in [3.8, 4) is 10.6 Å². The molecule has 3 aromatic rings. The second-order valence-corrected chi connectivity index (χ2v) is 7.81. The first-order valence-corrected chi connectivity index (χ1v) is 9.66. The number of hydrogen-bond donors (Lipinski definition) is 1. The molecule has 1 atom stereocenters. The lowest BCUT2D eigenvalue weighted by Gasteiger charge is -2.15. The molecule has 2 heterocycles. The standard InChI is InChI=1S/C19H18BrN3O2S/c1-12(13-3-5-14(20)6-4-13)23-18-10-16(21-11-22-18)17-8-7-15(26-17)9-19(24)25-2/h3-8,10-12H,9H2,1-2H3,(H,21,22,23). The highest BCUT2D eigenvalue weighted by Gasteiger charge is 2.11. The number of esters is 1. The second-order valence-electron chi connectivity index (χ2n) is 5.72. The lowest BCUT2D eigenvalue weighted by atomic mass is 10.1. The maximum Gasteiger partial charge on any atom is 0.310 e. The summed E-state index contributed by atoms with van der Waals surface area (Å²) in [6.45, 7) is 2.09. The van der Waals surface area contributed by atoms with Crippen molar-refractivity contribution in [2.45, 2.75) is 19.4 Å². The summed E-state index contributed by atoms with van der Waals surface area (Å²) in [5, 5.41) is 3.40. The van der Waals surface area contributed by atoms with Crippen molar-refractivity contribution in [1.82, 2.24) is 9.97 Å². The van der Waals surface area contributed by atoms with Crippen molar-refractivity contribution in [2.75, 3.05) is 12.4 Å². The summed E-state index contributed by atoms with van der Waals surface area (Å²) in [6.07, 6.45) is 1.82. The summed E-state index contributed by atoms with van der Waals surface area (Å²) in [4.78, 5) is 22.0. The minimum absolute atomic E-state index is 0.115. The van der Waals surface area contributed by atoms with Gasteiger partial charge in [0.2, 0.25) is 0 Å². The molecule has 0 aliphatic carbocycles. The summed E-state index contributed by atoms with van der Waals surface area (Å²) in [5.74, 6) is 0.514. The first-order chi connectivity index (χ1) is 12.5. The van der Waals surface area contributed by atoms with Crippen LogP contribution in [0, 0.1) is 0 Å². The SMILES string of the molecule is COC(=O)Cc1ccc(-c2cc(NC(C)c3ccc(Br)cc3)ncn2)s1. The highest BCUT2D eigenvalue weighted by Crippen LogP contribution is 2.29. The van der Waals surface area contributed by atoms with E-state index < -0.39 is 0 Å². The van der Waals surface area contributed by atoms with Crippen LogP contribution in [0.5, 0.6) is 0 Å². The summed E-state index contributed by atoms with van der Waals surface area (Å²) < 4.78 is 5.76. The van der Waals surface area contributed by atoms with Gasteiger partial charge in [0, 0.05) is 21.5 Å². The molecule has 1 N–H and O–H groups in total. The maximum atomic E-state index is 11.4. The number of anilines is 1. The number of halogens is 1. The predicted octanol–water partition coefficient (Wildman–Crippen LogP) is 4.86. The molecule has 3 rings (SSSR count). The highest BCUT2D eigenvalue weighted by molar-refractivity contribution is 9.10. The monoisotopic (exact) mass is 431 g/mol. The average molecular weight is 432 g/mol. The van der Waals surface area contributed by atoms with Gasteiger partial charge in [-0.2, -0.15) is 0 Å². The molecule has 2 aromatic heterocycles. The van der Waals surface area contributed by atoms with E-state index in [1.807, 2.05) is 30.3 Å². The molecule has 0 bridgehead atoms. The third-order valence-electron chi connectivity index (χ3n) is 3.86. The van der Waals surface area contributed by atoms with Gasteiger partial charge in [-0.3, -0.25) is 4.79 Å². The van der Waals surface area contributed by atoms with Crippen molar-refractivity contribution in [3.63, 3.8) is 0 Å². The van der Waals surface area contributed by atoms with Crippen molar-refractivity contribution in [2.24, 2.45) is 0 Å². The van der Waals surface area contributed by atoms with Gasteiger partial charge in [0.05, 0.1) is 24.1 Å². The molecule has 0 fully saturated rings. The van der Waals surface area contributed by atoms with Gasteiger partial charge in [-0.05, 0) is 36.8 Å². The number of hydrogen-bond acceptors (Lipinski definition) is 6. The summed E-state index contributed by atoms with van der Waals surface area (Å²) in [7, 11) is 1.39. The number of benzene rings is 1. The van der Waals surface area contributed by atoms with Crippen LogP contribution in [0.15, 0.2) is 53.3 Å². The predicted molar refractivity (Wildman–Crippen MR) is 107 cm³/mol. The average Bonchev–Trinajstić information content (AvgIpc) is 3.11. The van der Waals surface area contributed by atoms with E-state index in [0.717, 1.165) is 25.7 Å². The van der Waals surface area contributed by atoms with Gasteiger partial charge in [-0.15, -0.1) is 11.3 Å². The Labute approximate surface area is 164 Å². The normalized spacial score (nSPS) is 11.8. The summed E-state index contributed by atoms with van der Waals surface area (Å²) >= 11 is 4.98. The van der Waals surface area contributed by atoms with Crippen LogP contribution in [0.2, 0.25) is 0 Å². The number of thiophene rings is 1. The number of methoxy groups -OCH3 is 1. The van der Waals surface area contributed by atoms with Crippen LogP contribution in [0.4, 0.5) is 5.82 Å². The Balaban J connectivity index is 1.74. The van der Waals surface area contributed by atoms with E-state index in [2.05, 4.69) is 50.3 Å². The number of aromatic nitrogens is 2. The molecule has 0 saturated carbocycles. The molecule has 0 aliphatic rings. The van der Waals surface area contributed by atoms with Crippen LogP contribution in [-0.4, -0.2) is 23.0 Å². The van der Waals surface area contributed by atoms with E-state index >= 15 is 0 Å². The first kappa shape index (κ1) is 18.5. The largest absolute Gasteiger partial charge is 0.469 e. The zero-order valence-electron chi connectivity index (χ0n) is 14.4. The lowest BCUT2D eigenvalue weighted by Crippen LogP contribution is -2.08. The topological polar surface area (TPSA) is 64.1 Å². The van der Waals surface area contributed by atoms with E-state index in [1.54, 1.807) is 6.33 Å². The number of nitrogens with zero attached hydrogens (tertiary/aromatic N) is 2. The molecule has 26 heavy (non-hydrogen) atoms. The number of rotatable bonds is 6. The molecule has 1 aromatic carbocycles. The highest BCUT2D eigenvalue weighted by atomic mass is 79.9. The van der Waals surface area contributed by atoms with Crippen LogP contribution in [0.3, 0.4) is 0 Å². The molecule has 134 valence electrons. The van der Waals surface area contributed by atoms with Crippen LogP contribution in [-0.2, 0) is 16.0 Å². The molecule has 0 aliphatic heterocycles. The minimum atomic E-state index is -0.244. The number of carbonyl (C=O) groups excluding carboxylic acids is 1. The third kappa shape index (κ3) is 4.68. The number of carbonyl (C=O) groups is 1. The molecule has 0 amide bonds. The Morgan fingerprint density at radius 3 is 2.73 bits per heavy atom. The van der Waals surface area contributed by atoms with Crippen LogP contribution in [0.1, 0.15) is 23.4 Å². The summed E-state index contributed by atoms with van der Waals surface area (Å²) in [5.41, 5.74) is 2.00. The van der Waals surface area contributed by atoms with Gasteiger partial charge in [0.1, 0.15) is 12.1 Å². The zero-order chi connectivity index (χ0) is 18.5. The molecule has 0 saturated heterocycles. The Morgan fingerprint density at radius 2 is 2.00 bits per heavy atom. The molecule has 0 spiro atoms.